The third-order valence-electron chi connectivity index (χ3n) is 5.04. The quantitative estimate of drug-likeness (QED) is 0.792. The molecule has 1 unspecified atom stereocenters. The summed E-state index contributed by atoms with van der Waals surface area (Å²) >= 11 is 0. The highest BCUT2D eigenvalue weighted by molar-refractivity contribution is 5.96. The fourth-order valence-electron chi connectivity index (χ4n) is 3.43. The first-order valence-corrected chi connectivity index (χ1v) is 9.40. The Morgan fingerprint density at radius 2 is 1.93 bits per heavy atom. The lowest BCUT2D eigenvalue weighted by molar-refractivity contribution is -0.132. The number of aliphatic hydroxyl groups is 1. The third kappa shape index (κ3) is 4.95. The van der Waals surface area contributed by atoms with E-state index in [1.807, 2.05) is 55.5 Å². The summed E-state index contributed by atoms with van der Waals surface area (Å²) in [4.78, 5) is 26.7. The van der Waals surface area contributed by atoms with Crippen LogP contribution in [0.2, 0.25) is 0 Å². The van der Waals surface area contributed by atoms with E-state index in [0.717, 1.165) is 16.8 Å². The fraction of sp³-hybridized carbons (Fsp3) is 0.364. The number of aryl methyl sites for hydroxylation is 1. The zero-order valence-corrected chi connectivity index (χ0v) is 15.6. The predicted octanol–water partition coefficient (Wildman–Crippen LogP) is 2.91. The van der Waals surface area contributed by atoms with Crippen LogP contribution in [0.4, 0.5) is 5.69 Å². The molecule has 1 atom stereocenters. The maximum absolute atomic E-state index is 12.7. The Morgan fingerprint density at radius 3 is 2.67 bits per heavy atom. The monoisotopic (exact) mass is 366 g/mol. The van der Waals surface area contributed by atoms with Crippen LogP contribution in [0.1, 0.15) is 29.5 Å². The summed E-state index contributed by atoms with van der Waals surface area (Å²) in [5.41, 5.74) is 4.18. The molecule has 142 valence electrons. The number of benzene rings is 2. The van der Waals surface area contributed by atoms with Gasteiger partial charge in [0.25, 0.3) is 0 Å². The number of aliphatic hydroxyl groups excluding tert-OH is 1. The van der Waals surface area contributed by atoms with Gasteiger partial charge in [-0.05, 0) is 37.0 Å². The molecule has 2 N–H and O–H groups in total. The number of nitrogens with zero attached hydrogens (tertiary/aromatic N) is 1. The molecule has 0 spiro atoms. The molecule has 27 heavy (non-hydrogen) atoms. The lowest BCUT2D eigenvalue weighted by atomic mass is 9.89. The van der Waals surface area contributed by atoms with Crippen LogP contribution in [0.5, 0.6) is 0 Å². The molecule has 0 saturated heterocycles. The molecule has 0 saturated carbocycles. The number of anilines is 1. The van der Waals surface area contributed by atoms with Gasteiger partial charge in [-0.25, -0.2) is 0 Å². The summed E-state index contributed by atoms with van der Waals surface area (Å²) in [6.07, 6.45) is 1.47. The van der Waals surface area contributed by atoms with Gasteiger partial charge in [-0.1, -0.05) is 48.0 Å². The molecule has 0 fully saturated rings. The predicted molar refractivity (Wildman–Crippen MR) is 105 cm³/mol. The first-order chi connectivity index (χ1) is 13.1. The Morgan fingerprint density at radius 1 is 1.19 bits per heavy atom. The molecule has 2 aromatic rings. The van der Waals surface area contributed by atoms with Gasteiger partial charge in [0, 0.05) is 31.1 Å². The van der Waals surface area contributed by atoms with E-state index in [9.17, 15) is 14.7 Å². The lowest BCUT2D eigenvalue weighted by Crippen LogP contribution is -2.35. The van der Waals surface area contributed by atoms with E-state index in [0.29, 0.717) is 32.4 Å². The molecule has 3 rings (SSSR count). The van der Waals surface area contributed by atoms with Crippen molar-refractivity contribution >= 4 is 17.5 Å². The molecular weight excluding hydrogens is 340 g/mol. The van der Waals surface area contributed by atoms with Crippen LogP contribution in [0, 0.1) is 12.8 Å². The van der Waals surface area contributed by atoms with Crippen molar-refractivity contribution in [2.45, 2.75) is 32.7 Å². The molecule has 0 bridgehead atoms. The van der Waals surface area contributed by atoms with E-state index in [4.69, 9.17) is 0 Å². The Hall–Kier alpha value is -2.66. The average molecular weight is 366 g/mol. The van der Waals surface area contributed by atoms with Crippen molar-refractivity contribution in [2.75, 3.05) is 18.5 Å². The second-order valence-corrected chi connectivity index (χ2v) is 7.11. The topological polar surface area (TPSA) is 69.6 Å². The lowest BCUT2D eigenvalue weighted by Gasteiger charge is -2.26. The van der Waals surface area contributed by atoms with E-state index in [1.165, 1.54) is 5.56 Å². The minimum absolute atomic E-state index is 0.0197. The number of rotatable bonds is 7. The van der Waals surface area contributed by atoms with Crippen molar-refractivity contribution in [3.05, 3.63) is 65.2 Å². The first-order valence-electron chi connectivity index (χ1n) is 9.40. The Labute approximate surface area is 160 Å². The van der Waals surface area contributed by atoms with Crippen LogP contribution >= 0.6 is 0 Å². The Balaban J connectivity index is 1.59. The van der Waals surface area contributed by atoms with Crippen molar-refractivity contribution in [1.82, 2.24) is 4.90 Å². The summed E-state index contributed by atoms with van der Waals surface area (Å²) in [5, 5.41) is 12.2. The number of fused-ring (bicyclic) bond motifs is 1. The smallest absolute Gasteiger partial charge is 0.227 e. The number of hydrogen-bond donors (Lipinski definition) is 2. The SMILES string of the molecule is Cc1ccc(CN(CCO)C(=O)CCC2Cc3ccccc3NC2=O)cc1. The highest BCUT2D eigenvalue weighted by atomic mass is 16.3. The minimum atomic E-state index is -0.195. The molecule has 5 nitrogen and oxygen atoms in total. The second-order valence-electron chi connectivity index (χ2n) is 7.11. The van der Waals surface area contributed by atoms with Gasteiger partial charge in [-0.3, -0.25) is 9.59 Å². The molecular formula is C22H26N2O3. The number of carbonyl (C=O) groups is 2. The summed E-state index contributed by atoms with van der Waals surface area (Å²) in [5.74, 6) is -0.246. The van der Waals surface area contributed by atoms with Gasteiger partial charge in [-0.15, -0.1) is 0 Å². The number of hydrogen-bond acceptors (Lipinski definition) is 3. The van der Waals surface area contributed by atoms with Gasteiger partial charge in [0.15, 0.2) is 0 Å². The largest absolute Gasteiger partial charge is 0.395 e. The maximum atomic E-state index is 12.7. The summed E-state index contributed by atoms with van der Waals surface area (Å²) in [7, 11) is 0. The van der Waals surface area contributed by atoms with Crippen molar-refractivity contribution < 1.29 is 14.7 Å². The zero-order chi connectivity index (χ0) is 19.2. The van der Waals surface area contributed by atoms with Crippen LogP contribution < -0.4 is 5.32 Å². The average Bonchev–Trinajstić information content (AvgIpc) is 2.67. The first kappa shape index (κ1) is 19.1. The summed E-state index contributed by atoms with van der Waals surface area (Å²) in [6.45, 7) is 2.72. The molecule has 0 aromatic heterocycles. The van der Waals surface area contributed by atoms with E-state index < -0.39 is 0 Å². The van der Waals surface area contributed by atoms with Gasteiger partial charge in [0.05, 0.1) is 6.61 Å². The van der Waals surface area contributed by atoms with Gasteiger partial charge < -0.3 is 15.3 Å². The van der Waals surface area contributed by atoms with Crippen LogP contribution in [-0.2, 0) is 22.6 Å². The zero-order valence-electron chi connectivity index (χ0n) is 15.6. The van der Waals surface area contributed by atoms with Gasteiger partial charge in [-0.2, -0.15) is 0 Å². The highest BCUT2D eigenvalue weighted by Crippen LogP contribution is 2.27. The number of amides is 2. The van der Waals surface area contributed by atoms with Crippen LogP contribution in [0.3, 0.4) is 0 Å². The molecule has 1 aliphatic rings. The Bertz CT molecular complexity index is 801. The number of nitrogens with one attached hydrogen (secondary N) is 1. The molecule has 1 aliphatic heterocycles. The van der Waals surface area contributed by atoms with Gasteiger partial charge in [0.1, 0.15) is 0 Å². The van der Waals surface area contributed by atoms with E-state index in [1.54, 1.807) is 4.90 Å². The fourth-order valence-corrected chi connectivity index (χ4v) is 3.43. The third-order valence-corrected chi connectivity index (χ3v) is 5.04. The normalized spacial score (nSPS) is 15.8. The molecule has 2 aromatic carbocycles. The molecule has 2 amide bonds. The van der Waals surface area contributed by atoms with Crippen LogP contribution in [-0.4, -0.2) is 35.0 Å². The molecule has 0 aliphatic carbocycles. The summed E-state index contributed by atoms with van der Waals surface area (Å²) in [6, 6.07) is 15.8. The second kappa shape index (κ2) is 8.82. The van der Waals surface area contributed by atoms with E-state index >= 15 is 0 Å². The summed E-state index contributed by atoms with van der Waals surface area (Å²) < 4.78 is 0. The van der Waals surface area contributed by atoms with Crippen molar-refractivity contribution in [2.24, 2.45) is 5.92 Å². The van der Waals surface area contributed by atoms with E-state index in [-0.39, 0.29) is 24.3 Å². The van der Waals surface area contributed by atoms with Gasteiger partial charge >= 0.3 is 0 Å². The number of para-hydroxylation sites is 1. The van der Waals surface area contributed by atoms with E-state index in [2.05, 4.69) is 5.32 Å². The molecule has 5 heteroatoms. The van der Waals surface area contributed by atoms with Crippen molar-refractivity contribution in [3.8, 4) is 0 Å². The highest BCUT2D eigenvalue weighted by Gasteiger charge is 2.27. The minimum Gasteiger partial charge on any atom is -0.395 e. The molecule has 1 heterocycles. The maximum Gasteiger partial charge on any atom is 0.227 e. The van der Waals surface area contributed by atoms with Crippen molar-refractivity contribution in [3.63, 3.8) is 0 Å². The van der Waals surface area contributed by atoms with Crippen LogP contribution in [0.15, 0.2) is 48.5 Å². The number of carbonyl (C=O) groups excluding carboxylic acids is 2. The standard InChI is InChI=1S/C22H26N2O3/c1-16-6-8-17(9-7-16)15-24(12-13-25)21(26)11-10-19-14-18-4-2-3-5-20(18)23-22(19)27/h2-9,19,25H,10-15H2,1H3,(H,23,27). The van der Waals surface area contributed by atoms with Crippen molar-refractivity contribution in [1.29, 1.82) is 0 Å². The molecule has 0 radical (unpaired) electrons. The van der Waals surface area contributed by atoms with Crippen LogP contribution in [0.25, 0.3) is 0 Å². The Kier molecular flexibility index (Phi) is 6.24. The van der Waals surface area contributed by atoms with Gasteiger partial charge in [0.2, 0.25) is 11.8 Å².